The molecule has 1 aromatic heterocycles. The van der Waals surface area contributed by atoms with Crippen molar-refractivity contribution >= 4 is 40.9 Å². The number of nitrogens with one attached hydrogen (secondary N) is 3. The molecule has 1 atom stereocenters. The van der Waals surface area contributed by atoms with Crippen LogP contribution in [0.25, 0.3) is 6.08 Å². The Hall–Kier alpha value is -2.42. The predicted molar refractivity (Wildman–Crippen MR) is 115 cm³/mol. The van der Waals surface area contributed by atoms with Gasteiger partial charge in [-0.25, -0.2) is 4.68 Å². The third-order valence-electron chi connectivity index (χ3n) is 3.78. The van der Waals surface area contributed by atoms with Crippen LogP contribution in [0.5, 0.6) is 0 Å². The fourth-order valence-electron chi connectivity index (χ4n) is 2.49. The van der Waals surface area contributed by atoms with Crippen LogP contribution in [-0.2, 0) is 16.1 Å². The maximum absolute atomic E-state index is 12.0. The number of rotatable bonds is 7. The van der Waals surface area contributed by atoms with E-state index in [-0.39, 0.29) is 11.9 Å². The van der Waals surface area contributed by atoms with Crippen LogP contribution in [0.1, 0.15) is 23.7 Å². The lowest BCUT2D eigenvalue weighted by molar-refractivity contribution is -0.116. The zero-order valence-electron chi connectivity index (χ0n) is 16.0. The molecule has 150 valence electrons. The van der Waals surface area contributed by atoms with Crippen LogP contribution < -0.4 is 16.2 Å². The van der Waals surface area contributed by atoms with Gasteiger partial charge in [-0.2, -0.15) is 5.10 Å². The van der Waals surface area contributed by atoms with Crippen LogP contribution in [0, 0.1) is 6.92 Å². The van der Waals surface area contributed by atoms with Gasteiger partial charge in [0.2, 0.25) is 0 Å². The summed E-state index contributed by atoms with van der Waals surface area (Å²) in [4.78, 5) is 12.0. The Balaban J connectivity index is 1.92. The highest BCUT2D eigenvalue weighted by Gasteiger charge is 2.12. The van der Waals surface area contributed by atoms with E-state index in [0.717, 1.165) is 11.3 Å². The Labute approximate surface area is 175 Å². The number of thiocarbonyl (C=S) groups is 1. The number of carbonyl (C=O) groups is 1. The summed E-state index contributed by atoms with van der Waals surface area (Å²) in [7, 11) is 1.61. The van der Waals surface area contributed by atoms with Gasteiger partial charge in [0.25, 0.3) is 5.91 Å². The maximum Gasteiger partial charge on any atom is 0.262 e. The molecule has 9 heteroatoms. The number of methoxy groups -OCH3 is 1. The molecule has 2 rings (SSSR count). The molecule has 1 heterocycles. The van der Waals surface area contributed by atoms with Crippen molar-refractivity contribution in [2.24, 2.45) is 0 Å². The number of halogens is 1. The van der Waals surface area contributed by atoms with E-state index in [1.54, 1.807) is 17.9 Å². The molecule has 0 saturated heterocycles. The van der Waals surface area contributed by atoms with Crippen LogP contribution in [0.4, 0.5) is 0 Å². The second kappa shape index (κ2) is 10.8. The summed E-state index contributed by atoms with van der Waals surface area (Å²) in [5.74, 6) is -0.366. The van der Waals surface area contributed by atoms with Crippen molar-refractivity contribution in [3.8, 4) is 0 Å². The number of amides is 1. The van der Waals surface area contributed by atoms with Gasteiger partial charge in [0, 0.05) is 24.8 Å². The van der Waals surface area contributed by atoms with Crippen LogP contribution in [0.2, 0.25) is 5.15 Å². The normalized spacial score (nSPS) is 12.0. The van der Waals surface area contributed by atoms with Crippen LogP contribution in [-0.4, -0.2) is 40.6 Å². The minimum Gasteiger partial charge on any atom is -0.383 e. The molecule has 28 heavy (non-hydrogen) atoms. The van der Waals surface area contributed by atoms with E-state index in [1.807, 2.05) is 44.2 Å². The first-order valence-corrected chi connectivity index (χ1v) is 9.49. The molecule has 0 fully saturated rings. The number of carbonyl (C=O) groups excluding carboxylic acids is 1. The summed E-state index contributed by atoms with van der Waals surface area (Å²) in [5, 5.41) is 8.21. The number of benzene rings is 1. The van der Waals surface area contributed by atoms with Gasteiger partial charge >= 0.3 is 0 Å². The summed E-state index contributed by atoms with van der Waals surface area (Å²) >= 11 is 11.5. The third kappa shape index (κ3) is 6.63. The smallest absolute Gasteiger partial charge is 0.262 e. The molecule has 0 aliphatic heterocycles. The molecule has 0 radical (unpaired) electrons. The molecule has 7 nitrogen and oxygen atoms in total. The van der Waals surface area contributed by atoms with Crippen molar-refractivity contribution in [2.45, 2.75) is 26.4 Å². The van der Waals surface area contributed by atoms with E-state index >= 15 is 0 Å². The van der Waals surface area contributed by atoms with E-state index in [0.29, 0.717) is 29.0 Å². The Kier molecular flexibility index (Phi) is 8.43. The number of hydrazine groups is 1. The Morgan fingerprint density at radius 3 is 2.75 bits per heavy atom. The summed E-state index contributed by atoms with van der Waals surface area (Å²) in [6.07, 6.45) is 3.00. The van der Waals surface area contributed by atoms with Crippen molar-refractivity contribution in [1.29, 1.82) is 0 Å². The largest absolute Gasteiger partial charge is 0.383 e. The van der Waals surface area contributed by atoms with Crippen molar-refractivity contribution in [2.75, 3.05) is 13.7 Å². The molecular weight excluding hydrogens is 398 g/mol. The van der Waals surface area contributed by atoms with E-state index < -0.39 is 0 Å². The van der Waals surface area contributed by atoms with Crippen molar-refractivity contribution in [1.82, 2.24) is 25.9 Å². The number of ether oxygens (including phenoxy) is 1. The lowest BCUT2D eigenvalue weighted by Crippen LogP contribution is -2.49. The lowest BCUT2D eigenvalue weighted by atomic mass is 10.2. The van der Waals surface area contributed by atoms with E-state index in [2.05, 4.69) is 21.3 Å². The lowest BCUT2D eigenvalue weighted by Gasteiger charge is -2.15. The minimum atomic E-state index is -0.366. The monoisotopic (exact) mass is 421 g/mol. The Morgan fingerprint density at radius 1 is 1.36 bits per heavy atom. The highest BCUT2D eigenvalue weighted by molar-refractivity contribution is 7.80. The summed E-state index contributed by atoms with van der Waals surface area (Å²) in [5.41, 5.74) is 7.66. The standard InChI is InChI=1S/C19H24ClN5O2S/c1-13(12-27-3)21-19(28)23-22-17(26)10-9-16-14(2)24-25(18(16)20)11-15-7-5-4-6-8-15/h4-10,13H,11-12H2,1-3H3,(H,22,26)(H2,21,23,28)/b10-9+/t13-/m1/s1. The van der Waals surface area contributed by atoms with Gasteiger partial charge in [-0.15, -0.1) is 0 Å². The molecule has 0 unspecified atom stereocenters. The van der Waals surface area contributed by atoms with Crippen LogP contribution in [0.15, 0.2) is 36.4 Å². The SMILES string of the molecule is COC[C@@H](C)NC(=S)NNC(=O)/C=C/c1c(C)nn(Cc2ccccc2)c1Cl. The second-order valence-electron chi connectivity index (χ2n) is 6.21. The first-order chi connectivity index (χ1) is 13.4. The van der Waals surface area contributed by atoms with Crippen molar-refractivity contribution in [3.05, 3.63) is 58.4 Å². The van der Waals surface area contributed by atoms with E-state index in [9.17, 15) is 4.79 Å². The van der Waals surface area contributed by atoms with Gasteiger partial charge in [-0.1, -0.05) is 41.9 Å². The number of aryl methyl sites for hydroxylation is 1. The number of nitrogens with zero attached hydrogens (tertiary/aromatic N) is 2. The zero-order valence-corrected chi connectivity index (χ0v) is 17.6. The average molecular weight is 422 g/mol. The number of aromatic nitrogens is 2. The molecule has 0 spiro atoms. The van der Waals surface area contributed by atoms with E-state index in [4.69, 9.17) is 28.6 Å². The summed E-state index contributed by atoms with van der Waals surface area (Å²) < 4.78 is 6.72. The predicted octanol–water partition coefficient (Wildman–Crippen LogP) is 2.44. The van der Waals surface area contributed by atoms with E-state index in [1.165, 1.54) is 6.08 Å². The quantitative estimate of drug-likeness (QED) is 0.362. The van der Waals surface area contributed by atoms with Gasteiger partial charge in [0.05, 0.1) is 18.8 Å². The number of hydrogen-bond donors (Lipinski definition) is 3. The minimum absolute atomic E-state index is 0.0225. The fraction of sp³-hybridized carbons (Fsp3) is 0.316. The Morgan fingerprint density at radius 2 is 2.07 bits per heavy atom. The molecule has 0 aliphatic rings. The Bertz CT molecular complexity index is 838. The van der Waals surface area contributed by atoms with Gasteiger partial charge in [0.1, 0.15) is 5.15 Å². The molecule has 1 aromatic carbocycles. The molecule has 0 bridgehead atoms. The molecule has 1 amide bonds. The fourth-order valence-corrected chi connectivity index (χ4v) is 3.04. The highest BCUT2D eigenvalue weighted by Crippen LogP contribution is 2.22. The average Bonchev–Trinajstić information content (AvgIpc) is 2.92. The van der Waals surface area contributed by atoms with Crippen LogP contribution in [0.3, 0.4) is 0 Å². The number of hydrogen-bond acceptors (Lipinski definition) is 4. The van der Waals surface area contributed by atoms with Crippen LogP contribution >= 0.6 is 23.8 Å². The maximum atomic E-state index is 12.0. The molecule has 3 N–H and O–H groups in total. The first-order valence-electron chi connectivity index (χ1n) is 8.71. The second-order valence-corrected chi connectivity index (χ2v) is 6.98. The van der Waals surface area contributed by atoms with Crippen molar-refractivity contribution in [3.63, 3.8) is 0 Å². The van der Waals surface area contributed by atoms with Crippen molar-refractivity contribution < 1.29 is 9.53 Å². The third-order valence-corrected chi connectivity index (χ3v) is 4.40. The van der Waals surface area contributed by atoms with Gasteiger partial charge in [-0.3, -0.25) is 15.6 Å². The summed E-state index contributed by atoms with van der Waals surface area (Å²) in [6.45, 7) is 4.82. The molecule has 2 aromatic rings. The molecule has 0 aliphatic carbocycles. The topological polar surface area (TPSA) is 80.2 Å². The first kappa shape index (κ1) is 21.9. The summed E-state index contributed by atoms with van der Waals surface area (Å²) in [6, 6.07) is 9.92. The van der Waals surface area contributed by atoms with Gasteiger partial charge in [0.15, 0.2) is 5.11 Å². The van der Waals surface area contributed by atoms with Gasteiger partial charge in [-0.05, 0) is 37.7 Å². The van der Waals surface area contributed by atoms with Gasteiger partial charge < -0.3 is 10.1 Å². The highest BCUT2D eigenvalue weighted by atomic mass is 35.5. The molecular formula is C19H24ClN5O2S. The molecule has 0 saturated carbocycles. The zero-order chi connectivity index (χ0) is 20.5.